The molecular weight excluding hydrogens is 290 g/mol. The van der Waals surface area contributed by atoms with E-state index in [4.69, 9.17) is 0 Å². The van der Waals surface area contributed by atoms with E-state index in [1.807, 2.05) is 46.8 Å². The number of amides is 2. The Morgan fingerprint density at radius 1 is 1.35 bits per heavy atom. The Morgan fingerprint density at radius 3 is 2.91 bits per heavy atom. The van der Waals surface area contributed by atoms with Gasteiger partial charge in [0, 0.05) is 33.1 Å². The molecule has 1 fully saturated rings. The van der Waals surface area contributed by atoms with E-state index in [0.29, 0.717) is 12.5 Å². The van der Waals surface area contributed by atoms with Crippen LogP contribution in [-0.2, 0) is 20.0 Å². The Morgan fingerprint density at radius 2 is 2.17 bits per heavy atom. The molecule has 1 aliphatic heterocycles. The fourth-order valence-electron chi connectivity index (χ4n) is 3.05. The van der Waals surface area contributed by atoms with E-state index < -0.39 is 0 Å². The second-order valence-corrected chi connectivity index (χ2v) is 6.16. The monoisotopic (exact) mass is 313 g/mol. The Kier molecular flexibility index (Phi) is 4.90. The fraction of sp³-hybridized carbons (Fsp3) is 0.471. The first-order valence-corrected chi connectivity index (χ1v) is 8.12. The van der Waals surface area contributed by atoms with Crippen molar-refractivity contribution in [2.45, 2.75) is 25.8 Å². The number of rotatable bonds is 4. The summed E-state index contributed by atoms with van der Waals surface area (Å²) in [5.74, 6) is 1.44. The minimum absolute atomic E-state index is 0.0246. The van der Waals surface area contributed by atoms with Gasteiger partial charge in [0.2, 0.25) is 0 Å². The maximum atomic E-state index is 12.4. The number of aryl methyl sites for hydroxylation is 1. The molecule has 2 aromatic rings. The van der Waals surface area contributed by atoms with E-state index in [1.165, 1.54) is 0 Å². The lowest BCUT2D eigenvalue weighted by Gasteiger charge is -2.32. The van der Waals surface area contributed by atoms with Crippen LogP contribution in [0.2, 0.25) is 0 Å². The summed E-state index contributed by atoms with van der Waals surface area (Å²) < 4.78 is 1.95. The Hall–Kier alpha value is -2.37. The van der Waals surface area contributed by atoms with Crippen LogP contribution in [0.4, 0.5) is 4.79 Å². The highest BCUT2D eigenvalue weighted by Crippen LogP contribution is 2.20. The summed E-state index contributed by atoms with van der Waals surface area (Å²) in [5, 5.41) is 11.1. The van der Waals surface area contributed by atoms with Crippen molar-refractivity contribution < 1.29 is 4.79 Å². The van der Waals surface area contributed by atoms with Crippen LogP contribution >= 0.6 is 0 Å². The van der Waals surface area contributed by atoms with E-state index in [-0.39, 0.29) is 6.03 Å². The van der Waals surface area contributed by atoms with Crippen LogP contribution in [0.1, 0.15) is 24.2 Å². The number of nitrogens with zero attached hydrogens (tertiary/aromatic N) is 4. The summed E-state index contributed by atoms with van der Waals surface area (Å²) in [5.41, 5.74) is 1.12. The molecule has 1 N–H and O–H groups in total. The van der Waals surface area contributed by atoms with Crippen LogP contribution in [0, 0.1) is 5.92 Å². The van der Waals surface area contributed by atoms with Crippen molar-refractivity contribution in [2.75, 3.05) is 13.1 Å². The van der Waals surface area contributed by atoms with Gasteiger partial charge in [-0.3, -0.25) is 0 Å². The molecule has 3 rings (SSSR count). The molecule has 1 saturated heterocycles. The molecule has 23 heavy (non-hydrogen) atoms. The predicted molar refractivity (Wildman–Crippen MR) is 87.7 cm³/mol. The van der Waals surface area contributed by atoms with Gasteiger partial charge in [0.25, 0.3) is 0 Å². The van der Waals surface area contributed by atoms with Crippen molar-refractivity contribution in [3.8, 4) is 0 Å². The van der Waals surface area contributed by atoms with Crippen LogP contribution in [0.5, 0.6) is 0 Å². The zero-order valence-electron chi connectivity index (χ0n) is 13.5. The van der Waals surface area contributed by atoms with Gasteiger partial charge in [0.1, 0.15) is 12.2 Å². The molecule has 2 amide bonds. The molecule has 1 aromatic carbocycles. The molecule has 2 heterocycles. The van der Waals surface area contributed by atoms with Crippen LogP contribution in [-0.4, -0.2) is 38.8 Å². The molecule has 1 aliphatic rings. The van der Waals surface area contributed by atoms with Gasteiger partial charge in [0.15, 0.2) is 0 Å². The van der Waals surface area contributed by atoms with E-state index in [9.17, 15) is 4.79 Å². The summed E-state index contributed by atoms with van der Waals surface area (Å²) >= 11 is 0. The maximum absolute atomic E-state index is 12.4. The molecule has 0 radical (unpaired) electrons. The third-order valence-corrected chi connectivity index (χ3v) is 4.37. The summed E-state index contributed by atoms with van der Waals surface area (Å²) in [7, 11) is 1.96. The maximum Gasteiger partial charge on any atom is 0.317 e. The largest absolute Gasteiger partial charge is 0.334 e. The van der Waals surface area contributed by atoms with Gasteiger partial charge in [-0.25, -0.2) is 4.79 Å². The average Bonchev–Trinajstić information content (AvgIpc) is 2.99. The number of hydrogen-bond donors (Lipinski definition) is 1. The molecule has 122 valence electrons. The SMILES string of the molecule is Cn1cnnc1CC1CCCN(C(=O)NCc2ccccc2)C1. The van der Waals surface area contributed by atoms with Gasteiger partial charge < -0.3 is 14.8 Å². The van der Waals surface area contributed by atoms with Crippen molar-refractivity contribution in [2.24, 2.45) is 13.0 Å². The number of benzene rings is 1. The third kappa shape index (κ3) is 4.09. The minimum Gasteiger partial charge on any atom is -0.334 e. The van der Waals surface area contributed by atoms with Crippen LogP contribution in [0.15, 0.2) is 36.7 Å². The Labute approximate surface area is 136 Å². The molecule has 0 bridgehead atoms. The zero-order chi connectivity index (χ0) is 16.1. The van der Waals surface area contributed by atoms with Crippen molar-refractivity contribution >= 4 is 6.03 Å². The lowest BCUT2D eigenvalue weighted by molar-refractivity contribution is 0.164. The van der Waals surface area contributed by atoms with Crippen LogP contribution in [0.25, 0.3) is 0 Å². The van der Waals surface area contributed by atoms with Crippen LogP contribution in [0.3, 0.4) is 0 Å². The molecule has 0 spiro atoms. The number of hydrogen-bond acceptors (Lipinski definition) is 3. The smallest absolute Gasteiger partial charge is 0.317 e. The zero-order valence-corrected chi connectivity index (χ0v) is 13.5. The van der Waals surface area contributed by atoms with Crippen molar-refractivity contribution in [1.29, 1.82) is 0 Å². The van der Waals surface area contributed by atoms with Gasteiger partial charge in [0.05, 0.1) is 0 Å². The number of likely N-dealkylation sites (tertiary alicyclic amines) is 1. The lowest BCUT2D eigenvalue weighted by Crippen LogP contribution is -2.45. The Balaban J connectivity index is 1.51. The molecule has 1 atom stereocenters. The topological polar surface area (TPSA) is 63.1 Å². The first-order valence-electron chi connectivity index (χ1n) is 8.12. The summed E-state index contributed by atoms with van der Waals surface area (Å²) in [6.07, 6.45) is 4.78. The first kappa shape index (κ1) is 15.5. The van der Waals surface area contributed by atoms with E-state index in [2.05, 4.69) is 15.5 Å². The van der Waals surface area contributed by atoms with Gasteiger partial charge >= 0.3 is 6.03 Å². The second-order valence-electron chi connectivity index (χ2n) is 6.16. The summed E-state index contributed by atoms with van der Waals surface area (Å²) in [6, 6.07) is 10.0. The second kappa shape index (κ2) is 7.26. The number of urea groups is 1. The quantitative estimate of drug-likeness (QED) is 0.939. The molecule has 0 saturated carbocycles. The van der Waals surface area contributed by atoms with Crippen molar-refractivity contribution in [3.05, 3.63) is 48.0 Å². The number of aromatic nitrogens is 3. The highest BCUT2D eigenvalue weighted by Gasteiger charge is 2.24. The van der Waals surface area contributed by atoms with Gasteiger partial charge in [-0.15, -0.1) is 10.2 Å². The van der Waals surface area contributed by atoms with Gasteiger partial charge in [-0.05, 0) is 24.3 Å². The number of nitrogens with one attached hydrogen (secondary N) is 1. The lowest BCUT2D eigenvalue weighted by atomic mass is 9.94. The van der Waals surface area contributed by atoms with Crippen LogP contribution < -0.4 is 5.32 Å². The number of carbonyl (C=O) groups is 1. The molecule has 1 unspecified atom stereocenters. The highest BCUT2D eigenvalue weighted by atomic mass is 16.2. The normalized spacial score (nSPS) is 18.0. The minimum atomic E-state index is 0.0246. The highest BCUT2D eigenvalue weighted by molar-refractivity contribution is 5.74. The first-order chi connectivity index (χ1) is 11.2. The van der Waals surface area contributed by atoms with Crippen molar-refractivity contribution in [1.82, 2.24) is 25.0 Å². The number of carbonyl (C=O) groups excluding carboxylic acids is 1. The standard InChI is InChI=1S/C17H23N5O/c1-21-13-19-20-16(21)10-15-8-5-9-22(12-15)17(23)18-11-14-6-3-2-4-7-14/h2-4,6-7,13,15H,5,8-12H2,1H3,(H,18,23). The fourth-order valence-corrected chi connectivity index (χ4v) is 3.05. The molecule has 1 aromatic heterocycles. The molecule has 0 aliphatic carbocycles. The van der Waals surface area contributed by atoms with E-state index in [1.54, 1.807) is 6.33 Å². The molecule has 6 heteroatoms. The summed E-state index contributed by atoms with van der Waals surface area (Å²) in [4.78, 5) is 14.3. The third-order valence-electron chi connectivity index (χ3n) is 4.37. The number of piperidine rings is 1. The molecular formula is C17H23N5O. The van der Waals surface area contributed by atoms with E-state index >= 15 is 0 Å². The molecule has 6 nitrogen and oxygen atoms in total. The van der Waals surface area contributed by atoms with Gasteiger partial charge in [-0.1, -0.05) is 30.3 Å². The van der Waals surface area contributed by atoms with E-state index in [0.717, 1.165) is 43.7 Å². The van der Waals surface area contributed by atoms with Crippen molar-refractivity contribution in [3.63, 3.8) is 0 Å². The predicted octanol–water partition coefficient (Wildman–Crippen LogP) is 1.98. The summed E-state index contributed by atoms with van der Waals surface area (Å²) in [6.45, 7) is 2.19. The average molecular weight is 313 g/mol. The van der Waals surface area contributed by atoms with Gasteiger partial charge in [-0.2, -0.15) is 0 Å². The Bertz CT molecular complexity index is 639.